The standard InChI is InChI=1S/C63H78N16O8/c1-35(2)21-49-57(81)75-51(23-37-28-67-45-16-8-5-13-42(37)45)59(83)73-50(22-36(3)4)58(82)76-53(25-39-30-69-47-18-10-7-15-44(39)47)61(85)79-54(26-40-31-65-33-70-40)62(86)72-48(19-11-12-20-64)56(80)78-55(27-41-32-66-34-71-41)63(87)77-52(60(84)74-49)24-38-29-68-46-17-9-6-14-43(38)46/h5-10,13-18,28-36,48-55,67-69H,11-12,19-27,64H2,1-4H3,(H,65,70)(H,66,71)(H,72,86)(H,73,83)(H,74,84)(H,75,81)(H,76,82)(H,77,87)(H,78,80)(H,79,85)/t48-,49+,50+,51-,52-,53-,54+,55+/m0/s1. The maximum Gasteiger partial charge on any atom is 0.243 e. The minimum Gasteiger partial charge on any atom is -0.361 e. The third-order valence-corrected chi connectivity index (χ3v) is 15.7. The Morgan fingerprint density at radius 2 is 0.678 bits per heavy atom. The Labute approximate surface area is 502 Å². The molecular formula is C63H78N16O8. The number of nitrogens with one attached hydrogen (secondary N) is 13. The van der Waals surface area contributed by atoms with Crippen molar-refractivity contribution >= 4 is 80.0 Å². The van der Waals surface area contributed by atoms with Crippen molar-refractivity contribution in [3.05, 3.63) is 145 Å². The van der Waals surface area contributed by atoms with Crippen LogP contribution in [0, 0.1) is 11.8 Å². The molecule has 1 saturated heterocycles. The van der Waals surface area contributed by atoms with E-state index in [0.717, 1.165) is 32.7 Å². The van der Waals surface area contributed by atoms with Gasteiger partial charge in [0.1, 0.15) is 48.3 Å². The smallest absolute Gasteiger partial charge is 0.243 e. The number of fused-ring (bicyclic) bond motifs is 3. The van der Waals surface area contributed by atoms with Gasteiger partial charge < -0.3 is 73.2 Å². The molecule has 0 unspecified atom stereocenters. The predicted molar refractivity (Wildman–Crippen MR) is 328 cm³/mol. The summed E-state index contributed by atoms with van der Waals surface area (Å²) in [5, 5.41) is 25.6. The number of nitrogens with two attached hydrogens (primary N) is 1. The number of aromatic amines is 5. The Bertz CT molecular complexity index is 3540. The molecule has 87 heavy (non-hydrogen) atoms. The molecule has 8 amide bonds. The molecule has 0 spiro atoms. The van der Waals surface area contributed by atoms with E-state index < -0.39 is 95.6 Å². The van der Waals surface area contributed by atoms with Crippen LogP contribution in [0.5, 0.6) is 0 Å². The van der Waals surface area contributed by atoms with Gasteiger partial charge in [-0.05, 0) is 85.4 Å². The van der Waals surface area contributed by atoms with Crippen molar-refractivity contribution in [1.82, 2.24) is 77.4 Å². The van der Waals surface area contributed by atoms with Crippen LogP contribution < -0.4 is 48.3 Å². The third-order valence-electron chi connectivity index (χ3n) is 15.7. The summed E-state index contributed by atoms with van der Waals surface area (Å²) < 4.78 is 0. The van der Waals surface area contributed by atoms with E-state index in [4.69, 9.17) is 5.73 Å². The number of nitrogens with zero attached hydrogens (tertiary/aromatic N) is 2. The predicted octanol–water partition coefficient (Wildman–Crippen LogP) is 3.20. The molecule has 15 N–H and O–H groups in total. The molecular weight excluding hydrogens is 1110 g/mol. The zero-order valence-electron chi connectivity index (χ0n) is 49.3. The summed E-state index contributed by atoms with van der Waals surface area (Å²) in [6, 6.07) is 11.7. The quantitative estimate of drug-likeness (QED) is 0.0553. The van der Waals surface area contributed by atoms with Crippen LogP contribution in [0.2, 0.25) is 0 Å². The van der Waals surface area contributed by atoms with Crippen LogP contribution in [0.15, 0.2) is 116 Å². The second-order valence-corrected chi connectivity index (χ2v) is 23.3. The molecule has 8 aromatic rings. The molecule has 1 fully saturated rings. The van der Waals surface area contributed by atoms with Gasteiger partial charge in [-0.25, -0.2) is 9.97 Å². The maximum absolute atomic E-state index is 15.2. The number of aromatic nitrogens is 7. The molecule has 8 atom stereocenters. The van der Waals surface area contributed by atoms with Crippen LogP contribution in [0.4, 0.5) is 0 Å². The number of hydrogen-bond acceptors (Lipinski definition) is 11. The van der Waals surface area contributed by atoms with Crippen molar-refractivity contribution in [3.63, 3.8) is 0 Å². The first-order valence-corrected chi connectivity index (χ1v) is 29.7. The van der Waals surface area contributed by atoms with Gasteiger partial charge in [0, 0.05) is 107 Å². The molecule has 5 aromatic heterocycles. The van der Waals surface area contributed by atoms with E-state index in [9.17, 15) is 9.59 Å². The second kappa shape index (κ2) is 29.0. The van der Waals surface area contributed by atoms with Crippen LogP contribution >= 0.6 is 0 Å². The largest absolute Gasteiger partial charge is 0.361 e. The minimum atomic E-state index is -1.39. The molecule has 0 saturated carbocycles. The number of carbonyl (C=O) groups excluding carboxylic acids is 8. The number of unbranched alkanes of at least 4 members (excludes halogenated alkanes) is 1. The number of carbonyl (C=O) groups is 8. The average Bonchev–Trinajstić information content (AvgIpc) is 3.83. The average molecular weight is 1190 g/mol. The van der Waals surface area contributed by atoms with Crippen molar-refractivity contribution in [2.75, 3.05) is 6.54 Å². The van der Waals surface area contributed by atoms with Crippen molar-refractivity contribution in [1.29, 1.82) is 0 Å². The number of para-hydroxylation sites is 3. The molecule has 458 valence electrons. The van der Waals surface area contributed by atoms with Gasteiger partial charge in [-0.15, -0.1) is 0 Å². The normalized spacial score (nSPS) is 21.9. The Hall–Kier alpha value is -9.58. The van der Waals surface area contributed by atoms with Crippen LogP contribution in [-0.2, 0) is 70.5 Å². The highest BCUT2D eigenvalue weighted by Gasteiger charge is 2.38. The number of amides is 8. The highest BCUT2D eigenvalue weighted by Crippen LogP contribution is 2.24. The summed E-state index contributed by atoms with van der Waals surface area (Å²) in [6.07, 6.45) is 11.7. The lowest BCUT2D eigenvalue weighted by molar-refractivity contribution is -0.137. The molecule has 6 heterocycles. The van der Waals surface area contributed by atoms with E-state index in [1.165, 1.54) is 25.0 Å². The molecule has 1 aliphatic heterocycles. The molecule has 3 aromatic carbocycles. The fourth-order valence-electron chi connectivity index (χ4n) is 11.2. The van der Waals surface area contributed by atoms with Gasteiger partial charge >= 0.3 is 0 Å². The van der Waals surface area contributed by atoms with Gasteiger partial charge in [-0.3, -0.25) is 38.4 Å². The number of H-pyrrole nitrogens is 5. The highest BCUT2D eigenvalue weighted by atomic mass is 16.2. The lowest BCUT2D eigenvalue weighted by atomic mass is 9.98. The fraction of sp³-hybridized carbons (Fsp3) is 0.397. The molecule has 0 bridgehead atoms. The Kier molecular flexibility index (Phi) is 20.7. The molecule has 0 aliphatic carbocycles. The van der Waals surface area contributed by atoms with Gasteiger partial charge in [0.05, 0.1) is 12.7 Å². The van der Waals surface area contributed by atoms with Crippen molar-refractivity contribution < 1.29 is 38.4 Å². The van der Waals surface area contributed by atoms with Gasteiger partial charge in [0.15, 0.2) is 0 Å². The highest BCUT2D eigenvalue weighted by molar-refractivity contribution is 6.00. The molecule has 24 nitrogen and oxygen atoms in total. The Morgan fingerprint density at radius 3 is 1.00 bits per heavy atom. The van der Waals surface area contributed by atoms with E-state index >= 15 is 28.8 Å². The monoisotopic (exact) mass is 1190 g/mol. The van der Waals surface area contributed by atoms with E-state index in [0.29, 0.717) is 40.9 Å². The molecule has 1 aliphatic rings. The minimum absolute atomic E-state index is 0.0537. The van der Waals surface area contributed by atoms with Crippen LogP contribution in [-0.4, -0.2) is 137 Å². The van der Waals surface area contributed by atoms with E-state index in [1.807, 2.05) is 100 Å². The Balaban J connectivity index is 1.14. The topological polar surface area (TPSA) is 364 Å². The lowest BCUT2D eigenvalue weighted by Gasteiger charge is -2.30. The Morgan fingerprint density at radius 1 is 0.379 bits per heavy atom. The van der Waals surface area contributed by atoms with Crippen LogP contribution in [0.3, 0.4) is 0 Å². The van der Waals surface area contributed by atoms with Crippen molar-refractivity contribution in [2.24, 2.45) is 17.6 Å². The zero-order chi connectivity index (χ0) is 61.6. The number of benzene rings is 3. The number of imidazole rings is 2. The summed E-state index contributed by atoms with van der Waals surface area (Å²) in [6.45, 7) is 7.79. The van der Waals surface area contributed by atoms with Gasteiger partial charge in [0.25, 0.3) is 0 Å². The second-order valence-electron chi connectivity index (χ2n) is 23.3. The van der Waals surface area contributed by atoms with Gasteiger partial charge in [-0.1, -0.05) is 82.3 Å². The molecule has 0 radical (unpaired) electrons. The van der Waals surface area contributed by atoms with Gasteiger partial charge in [-0.2, -0.15) is 0 Å². The fourth-order valence-corrected chi connectivity index (χ4v) is 11.2. The third kappa shape index (κ3) is 16.2. The first kappa shape index (κ1) is 62.0. The lowest BCUT2D eigenvalue weighted by Crippen LogP contribution is -2.62. The van der Waals surface area contributed by atoms with Gasteiger partial charge in [0.2, 0.25) is 47.3 Å². The van der Waals surface area contributed by atoms with E-state index in [-0.39, 0.29) is 69.7 Å². The van der Waals surface area contributed by atoms with Crippen LogP contribution in [0.1, 0.15) is 87.9 Å². The summed E-state index contributed by atoms with van der Waals surface area (Å²) in [4.78, 5) is 144. The van der Waals surface area contributed by atoms with Crippen LogP contribution in [0.25, 0.3) is 32.7 Å². The molecule has 24 heteroatoms. The zero-order valence-corrected chi connectivity index (χ0v) is 49.3. The number of rotatable bonds is 18. The summed E-state index contributed by atoms with van der Waals surface area (Å²) >= 11 is 0. The van der Waals surface area contributed by atoms with E-state index in [2.05, 4.69) is 77.4 Å². The summed E-state index contributed by atoms with van der Waals surface area (Å²) in [7, 11) is 0. The van der Waals surface area contributed by atoms with E-state index in [1.54, 1.807) is 18.6 Å². The first-order chi connectivity index (χ1) is 42.0. The van der Waals surface area contributed by atoms with Crippen molar-refractivity contribution in [2.45, 2.75) is 140 Å². The summed E-state index contributed by atoms with van der Waals surface area (Å²) in [5.41, 5.74) is 11.2. The number of hydrogen-bond donors (Lipinski definition) is 14. The molecule has 9 rings (SSSR count). The first-order valence-electron chi connectivity index (χ1n) is 29.7. The van der Waals surface area contributed by atoms with Crippen molar-refractivity contribution in [3.8, 4) is 0 Å². The summed E-state index contributed by atoms with van der Waals surface area (Å²) in [5.74, 6) is -6.30. The SMILES string of the molecule is CC(C)C[C@H]1NC(=O)[C@H](Cc2c[nH]c3ccccc23)NC(=O)[C@@H](Cc2cnc[nH]2)NC(=O)[C@H](CCCCN)NC(=O)[C@@H](Cc2cnc[nH]2)NC(=O)[C@H](Cc2c[nH]c3ccccc23)NC(=O)[C@@H](CC(C)C)NC(=O)[C@H](Cc2c[nH]c3ccccc23)NC1=O. The maximum atomic E-state index is 15.2.